The summed E-state index contributed by atoms with van der Waals surface area (Å²) in [5, 5.41) is 1.16. The zero-order chi connectivity index (χ0) is 15.9. The van der Waals surface area contributed by atoms with E-state index in [1.54, 1.807) is 14.0 Å². The highest BCUT2D eigenvalue weighted by Gasteiger charge is 2.68. The van der Waals surface area contributed by atoms with Crippen LogP contribution in [-0.2, 0) is 19.1 Å². The van der Waals surface area contributed by atoms with Crippen molar-refractivity contribution >= 4 is 23.5 Å². The first-order valence-electron chi connectivity index (χ1n) is 8.97. The van der Waals surface area contributed by atoms with Crippen molar-refractivity contribution in [3.63, 3.8) is 0 Å². The SMILES string of the molecule is COC1C2SC3C(OC(=O)C4CC5CC4CC5C(C)=O)[C@@H]1C[C@@H]23. The molecule has 4 nitrogen and oxygen atoms in total. The van der Waals surface area contributed by atoms with Crippen LogP contribution in [-0.4, -0.2) is 41.6 Å². The minimum atomic E-state index is 0.0101. The summed E-state index contributed by atoms with van der Waals surface area (Å²) in [5.74, 6) is 2.46. The lowest BCUT2D eigenvalue weighted by atomic mass is 9.80. The van der Waals surface area contributed by atoms with Gasteiger partial charge >= 0.3 is 5.97 Å². The van der Waals surface area contributed by atoms with Gasteiger partial charge in [0.25, 0.3) is 0 Å². The smallest absolute Gasteiger partial charge is 0.309 e. The lowest BCUT2D eigenvalue weighted by Crippen LogP contribution is -2.56. The third-order valence-corrected chi connectivity index (χ3v) is 9.26. The Balaban J connectivity index is 1.25. The average Bonchev–Trinajstić information content (AvgIpc) is 3.23. The van der Waals surface area contributed by atoms with Gasteiger partial charge in [-0.2, -0.15) is 0 Å². The minimum Gasteiger partial charge on any atom is -0.461 e. The van der Waals surface area contributed by atoms with Crippen LogP contribution in [0, 0.1) is 35.5 Å². The molecule has 126 valence electrons. The number of carbonyl (C=O) groups is 2. The fourth-order valence-electron chi connectivity index (χ4n) is 6.39. The standard InChI is InChI=1S/C18H24O4S/c1-7(19)10-4-9-3-8(10)5-11(9)18(20)22-15-12-6-13-16(14(12)21-2)23-17(13)15/h8-17H,3-6H2,1-2H3/t8?,9?,10?,11?,12-,13+,14?,15?,16?,17?/m1/s1. The van der Waals surface area contributed by atoms with Crippen LogP contribution in [0.3, 0.4) is 0 Å². The van der Waals surface area contributed by atoms with E-state index in [0.29, 0.717) is 40.0 Å². The van der Waals surface area contributed by atoms with Crippen LogP contribution in [0.5, 0.6) is 0 Å². The van der Waals surface area contributed by atoms with Crippen molar-refractivity contribution < 1.29 is 19.1 Å². The summed E-state index contributed by atoms with van der Waals surface area (Å²) in [7, 11) is 1.79. The maximum atomic E-state index is 12.7. The van der Waals surface area contributed by atoms with E-state index < -0.39 is 0 Å². The quantitative estimate of drug-likeness (QED) is 0.737. The fraction of sp³-hybridized carbons (Fsp3) is 0.889. The highest BCUT2D eigenvalue weighted by atomic mass is 32.2. The van der Waals surface area contributed by atoms with Crippen molar-refractivity contribution in [1.82, 2.24) is 0 Å². The molecule has 1 heterocycles. The summed E-state index contributed by atoms with van der Waals surface area (Å²) < 4.78 is 11.7. The second-order valence-corrected chi connectivity index (χ2v) is 9.64. The number of carbonyl (C=O) groups excluding carboxylic acids is 2. The zero-order valence-electron chi connectivity index (χ0n) is 13.6. The summed E-state index contributed by atoms with van der Waals surface area (Å²) in [5.41, 5.74) is 0. The molecule has 23 heavy (non-hydrogen) atoms. The van der Waals surface area contributed by atoms with Crippen LogP contribution in [0.25, 0.3) is 0 Å². The first-order valence-corrected chi connectivity index (χ1v) is 9.92. The van der Waals surface area contributed by atoms with Gasteiger partial charge in [0, 0.05) is 29.4 Å². The molecule has 0 aromatic rings. The summed E-state index contributed by atoms with van der Waals surface area (Å²) >= 11 is 1.96. The van der Waals surface area contributed by atoms with Gasteiger partial charge in [-0.3, -0.25) is 9.59 Å². The monoisotopic (exact) mass is 336 g/mol. The second-order valence-electron chi connectivity index (χ2n) is 8.28. The van der Waals surface area contributed by atoms with Gasteiger partial charge in [0.05, 0.1) is 12.0 Å². The van der Waals surface area contributed by atoms with Crippen LogP contribution in [0.4, 0.5) is 0 Å². The lowest BCUT2D eigenvalue weighted by molar-refractivity contribution is -0.162. The Morgan fingerprint density at radius 2 is 1.61 bits per heavy atom. The van der Waals surface area contributed by atoms with E-state index in [-0.39, 0.29) is 30.0 Å². The average molecular weight is 336 g/mol. The summed E-state index contributed by atoms with van der Waals surface area (Å²) in [6, 6.07) is 0. The Morgan fingerprint density at radius 1 is 0.913 bits per heavy atom. The normalized spacial score (nSPS) is 55.0. The van der Waals surface area contributed by atoms with E-state index >= 15 is 0 Å². The van der Waals surface area contributed by atoms with Crippen molar-refractivity contribution in [2.45, 2.75) is 55.3 Å². The molecule has 0 aromatic heterocycles. The van der Waals surface area contributed by atoms with Gasteiger partial charge in [-0.1, -0.05) is 0 Å². The Kier molecular flexibility index (Phi) is 3.20. The summed E-state index contributed by atoms with van der Waals surface area (Å²) in [6.45, 7) is 1.70. The number of hydrogen-bond donors (Lipinski definition) is 0. The molecule has 0 N–H and O–H groups in total. The van der Waals surface area contributed by atoms with Gasteiger partial charge in [-0.05, 0) is 50.4 Å². The van der Waals surface area contributed by atoms with E-state index in [9.17, 15) is 9.59 Å². The molecule has 0 amide bonds. The van der Waals surface area contributed by atoms with Crippen LogP contribution < -0.4 is 0 Å². The highest BCUT2D eigenvalue weighted by Crippen LogP contribution is 2.65. The molecule has 5 rings (SSSR count). The Bertz CT molecular complexity index is 563. The van der Waals surface area contributed by atoms with Crippen LogP contribution in [0.1, 0.15) is 32.6 Å². The predicted octanol–water partition coefficient (Wildman–Crippen LogP) is 2.30. The predicted molar refractivity (Wildman–Crippen MR) is 85.9 cm³/mol. The number of fused-ring (bicyclic) bond motifs is 3. The lowest BCUT2D eigenvalue weighted by Gasteiger charge is -2.49. The Hall–Kier alpha value is -0.550. The molecule has 5 fully saturated rings. The number of thioether (sulfide) groups is 1. The molecule has 4 saturated carbocycles. The number of methoxy groups -OCH3 is 1. The third kappa shape index (κ3) is 1.89. The molecule has 0 aromatic carbocycles. The van der Waals surface area contributed by atoms with Gasteiger partial charge in [-0.25, -0.2) is 0 Å². The van der Waals surface area contributed by atoms with Crippen molar-refractivity contribution in [3.8, 4) is 0 Å². The van der Waals surface area contributed by atoms with Crippen molar-refractivity contribution in [3.05, 3.63) is 0 Å². The fourth-order valence-corrected chi connectivity index (χ4v) is 8.33. The van der Waals surface area contributed by atoms with Crippen LogP contribution in [0.15, 0.2) is 0 Å². The molecular weight excluding hydrogens is 312 g/mol. The molecule has 4 aliphatic carbocycles. The van der Waals surface area contributed by atoms with Gasteiger partial charge < -0.3 is 9.47 Å². The maximum Gasteiger partial charge on any atom is 0.309 e. The largest absolute Gasteiger partial charge is 0.461 e. The van der Waals surface area contributed by atoms with Gasteiger partial charge in [0.2, 0.25) is 0 Å². The Morgan fingerprint density at radius 3 is 2.22 bits per heavy atom. The molecule has 0 radical (unpaired) electrons. The van der Waals surface area contributed by atoms with Crippen molar-refractivity contribution in [1.29, 1.82) is 0 Å². The first kappa shape index (κ1) is 14.8. The highest BCUT2D eigenvalue weighted by molar-refractivity contribution is 8.02. The first-order chi connectivity index (χ1) is 11.1. The van der Waals surface area contributed by atoms with E-state index in [2.05, 4.69) is 0 Å². The number of hydrogen-bond acceptors (Lipinski definition) is 5. The van der Waals surface area contributed by atoms with E-state index in [0.717, 1.165) is 19.3 Å². The molecule has 1 aliphatic heterocycles. The van der Waals surface area contributed by atoms with Gasteiger partial charge in [0.1, 0.15) is 11.9 Å². The van der Waals surface area contributed by atoms with Crippen molar-refractivity contribution in [2.75, 3.05) is 7.11 Å². The van der Waals surface area contributed by atoms with E-state index in [4.69, 9.17) is 9.47 Å². The number of ether oxygens (including phenoxy) is 2. The number of rotatable bonds is 4. The summed E-state index contributed by atoms with van der Waals surface area (Å²) in [4.78, 5) is 24.4. The van der Waals surface area contributed by atoms with E-state index in [1.807, 2.05) is 11.8 Å². The molecular formula is C18H24O4S. The van der Waals surface area contributed by atoms with Gasteiger partial charge in [0.15, 0.2) is 0 Å². The number of ketones is 1. The van der Waals surface area contributed by atoms with Crippen LogP contribution >= 0.6 is 11.8 Å². The molecule has 1 saturated heterocycles. The van der Waals surface area contributed by atoms with E-state index in [1.165, 1.54) is 6.42 Å². The van der Waals surface area contributed by atoms with Crippen LogP contribution in [0.2, 0.25) is 0 Å². The van der Waals surface area contributed by atoms with Crippen molar-refractivity contribution in [2.24, 2.45) is 35.5 Å². The molecule has 5 heteroatoms. The Labute approximate surface area is 141 Å². The third-order valence-electron chi connectivity index (χ3n) is 7.40. The molecule has 4 bridgehead atoms. The maximum absolute atomic E-state index is 12.7. The van der Waals surface area contributed by atoms with Gasteiger partial charge in [-0.15, -0.1) is 11.8 Å². The molecule has 0 spiro atoms. The molecule has 10 atom stereocenters. The second kappa shape index (κ2) is 4.98. The topological polar surface area (TPSA) is 52.6 Å². The number of esters is 1. The number of Topliss-reactive ketones (excluding diaryl/α,β-unsaturated/α-hetero) is 1. The molecule has 5 aliphatic rings. The summed E-state index contributed by atoms with van der Waals surface area (Å²) in [6.07, 6.45) is 4.31. The molecule has 8 unspecified atom stereocenters. The minimum absolute atomic E-state index is 0.0101. The zero-order valence-corrected chi connectivity index (χ0v) is 14.5.